The van der Waals surface area contributed by atoms with E-state index in [0.717, 1.165) is 12.8 Å². The third kappa shape index (κ3) is 4.13. The maximum absolute atomic E-state index is 5.87. The Morgan fingerprint density at radius 1 is 1.22 bits per heavy atom. The number of benzene rings is 1. The van der Waals surface area contributed by atoms with E-state index >= 15 is 0 Å². The molecule has 96 valence electrons. The molecular weight excluding hydrogens is 224 g/mol. The van der Waals surface area contributed by atoms with Crippen molar-refractivity contribution in [2.45, 2.75) is 25.6 Å². The second-order valence-corrected chi connectivity index (χ2v) is 4.50. The molecule has 1 aromatic rings. The van der Waals surface area contributed by atoms with Gasteiger partial charge in [0.1, 0.15) is 0 Å². The Morgan fingerprint density at radius 2 is 2.06 bits per heavy atom. The molecule has 1 aromatic carbocycles. The largest absolute Gasteiger partial charge is 0.373 e. The minimum absolute atomic E-state index is 0.243. The van der Waals surface area contributed by atoms with Gasteiger partial charge >= 0.3 is 0 Å². The van der Waals surface area contributed by atoms with Crippen LogP contribution in [0.3, 0.4) is 0 Å². The fraction of sp³-hybridized carbons (Fsp3) is 0.375. The van der Waals surface area contributed by atoms with Gasteiger partial charge in [0.15, 0.2) is 0 Å². The van der Waals surface area contributed by atoms with Gasteiger partial charge in [0.25, 0.3) is 0 Å². The molecule has 0 N–H and O–H groups in total. The number of ether oxygens (including phenoxy) is 2. The van der Waals surface area contributed by atoms with Crippen LogP contribution in [-0.4, -0.2) is 19.3 Å². The first-order valence-corrected chi connectivity index (χ1v) is 6.42. The van der Waals surface area contributed by atoms with Crippen LogP contribution in [0.25, 0.3) is 0 Å². The Kier molecular flexibility index (Phi) is 5.18. The van der Waals surface area contributed by atoms with Crippen molar-refractivity contribution < 1.29 is 9.47 Å². The van der Waals surface area contributed by atoms with Crippen molar-refractivity contribution in [2.24, 2.45) is 0 Å². The molecule has 0 fully saturated rings. The fourth-order valence-corrected chi connectivity index (χ4v) is 2.06. The molecule has 0 spiro atoms. The maximum atomic E-state index is 5.87. The van der Waals surface area contributed by atoms with E-state index in [1.54, 1.807) is 6.08 Å². The molecule has 1 unspecified atom stereocenters. The Hall–Kier alpha value is -1.38. The molecule has 1 aliphatic carbocycles. The molecule has 1 aliphatic rings. The van der Waals surface area contributed by atoms with Crippen LogP contribution in [-0.2, 0) is 16.1 Å². The van der Waals surface area contributed by atoms with Crippen molar-refractivity contribution in [1.82, 2.24) is 0 Å². The van der Waals surface area contributed by atoms with Gasteiger partial charge in [-0.15, -0.1) is 6.58 Å². The first-order valence-electron chi connectivity index (χ1n) is 6.42. The molecular formula is C16H20O2. The monoisotopic (exact) mass is 244 g/mol. The maximum Gasteiger partial charge on any atom is 0.0766 e. The SMILES string of the molecule is C=CCOCC1=CC(OCc2ccccc2)CC1. The zero-order valence-corrected chi connectivity index (χ0v) is 10.7. The molecule has 0 heterocycles. The second-order valence-electron chi connectivity index (χ2n) is 4.50. The van der Waals surface area contributed by atoms with Crippen LogP contribution >= 0.6 is 0 Å². The Bertz CT molecular complexity index is 395. The molecule has 2 heteroatoms. The summed E-state index contributed by atoms with van der Waals surface area (Å²) in [5.41, 5.74) is 2.57. The van der Waals surface area contributed by atoms with E-state index in [4.69, 9.17) is 9.47 Å². The Morgan fingerprint density at radius 3 is 2.83 bits per heavy atom. The van der Waals surface area contributed by atoms with Gasteiger partial charge in [0, 0.05) is 0 Å². The van der Waals surface area contributed by atoms with Crippen LogP contribution in [0, 0.1) is 0 Å². The summed E-state index contributed by atoms with van der Waals surface area (Å²) in [6.45, 7) is 5.64. The highest BCUT2D eigenvalue weighted by atomic mass is 16.5. The van der Waals surface area contributed by atoms with E-state index < -0.39 is 0 Å². The van der Waals surface area contributed by atoms with Crippen molar-refractivity contribution in [1.29, 1.82) is 0 Å². The topological polar surface area (TPSA) is 18.5 Å². The van der Waals surface area contributed by atoms with E-state index in [0.29, 0.717) is 19.8 Å². The molecule has 0 amide bonds. The first kappa shape index (κ1) is 13.1. The van der Waals surface area contributed by atoms with Crippen LogP contribution in [0.15, 0.2) is 54.6 Å². The average Bonchev–Trinajstić information content (AvgIpc) is 2.86. The lowest BCUT2D eigenvalue weighted by Gasteiger charge is -2.09. The predicted molar refractivity (Wildman–Crippen MR) is 73.4 cm³/mol. The number of hydrogen-bond donors (Lipinski definition) is 0. The van der Waals surface area contributed by atoms with E-state index in [-0.39, 0.29) is 6.10 Å². The molecule has 18 heavy (non-hydrogen) atoms. The van der Waals surface area contributed by atoms with Crippen molar-refractivity contribution in [3.8, 4) is 0 Å². The summed E-state index contributed by atoms with van der Waals surface area (Å²) in [6.07, 6.45) is 6.37. The first-order chi connectivity index (χ1) is 8.88. The lowest BCUT2D eigenvalue weighted by molar-refractivity contribution is 0.0721. The van der Waals surface area contributed by atoms with Crippen molar-refractivity contribution in [3.63, 3.8) is 0 Å². The smallest absolute Gasteiger partial charge is 0.0766 e. The average molecular weight is 244 g/mol. The molecule has 0 aromatic heterocycles. The summed E-state index contributed by atoms with van der Waals surface area (Å²) in [5.74, 6) is 0. The van der Waals surface area contributed by atoms with Gasteiger partial charge < -0.3 is 9.47 Å². The second kappa shape index (κ2) is 7.14. The summed E-state index contributed by atoms with van der Waals surface area (Å²) >= 11 is 0. The highest BCUT2D eigenvalue weighted by molar-refractivity contribution is 5.15. The summed E-state index contributed by atoms with van der Waals surface area (Å²) in [6, 6.07) is 10.3. The summed E-state index contributed by atoms with van der Waals surface area (Å²) in [7, 11) is 0. The molecule has 0 radical (unpaired) electrons. The summed E-state index contributed by atoms with van der Waals surface area (Å²) in [5, 5.41) is 0. The van der Waals surface area contributed by atoms with Crippen LogP contribution in [0.4, 0.5) is 0 Å². The van der Waals surface area contributed by atoms with Crippen LogP contribution in [0.5, 0.6) is 0 Å². The minimum atomic E-state index is 0.243. The van der Waals surface area contributed by atoms with Crippen molar-refractivity contribution in [2.75, 3.05) is 13.2 Å². The molecule has 0 saturated heterocycles. The quantitative estimate of drug-likeness (QED) is 0.540. The zero-order chi connectivity index (χ0) is 12.6. The van der Waals surface area contributed by atoms with Crippen molar-refractivity contribution >= 4 is 0 Å². The fourth-order valence-electron chi connectivity index (χ4n) is 2.06. The summed E-state index contributed by atoms with van der Waals surface area (Å²) < 4.78 is 11.3. The normalized spacial score (nSPS) is 18.7. The molecule has 2 nitrogen and oxygen atoms in total. The summed E-state index contributed by atoms with van der Waals surface area (Å²) in [4.78, 5) is 0. The van der Waals surface area contributed by atoms with E-state index in [1.165, 1.54) is 11.1 Å². The molecule has 1 atom stereocenters. The lowest BCUT2D eigenvalue weighted by atomic mass is 10.2. The Labute approximate surface area is 109 Å². The minimum Gasteiger partial charge on any atom is -0.373 e. The molecule has 0 bridgehead atoms. The number of rotatable bonds is 7. The van der Waals surface area contributed by atoms with Crippen LogP contribution in [0.1, 0.15) is 18.4 Å². The van der Waals surface area contributed by atoms with Gasteiger partial charge in [-0.2, -0.15) is 0 Å². The number of hydrogen-bond acceptors (Lipinski definition) is 2. The Balaban J connectivity index is 1.73. The lowest BCUT2D eigenvalue weighted by Crippen LogP contribution is -2.05. The molecule has 2 rings (SSSR count). The van der Waals surface area contributed by atoms with E-state index in [1.807, 2.05) is 18.2 Å². The standard InChI is InChI=1S/C16H20O2/c1-2-10-17-12-15-8-9-16(11-15)18-13-14-6-4-3-5-7-14/h2-7,11,16H,1,8-10,12-13H2. The highest BCUT2D eigenvalue weighted by Gasteiger charge is 2.16. The molecule has 0 aliphatic heterocycles. The molecule has 0 saturated carbocycles. The van der Waals surface area contributed by atoms with Gasteiger partial charge in [-0.3, -0.25) is 0 Å². The van der Waals surface area contributed by atoms with Gasteiger partial charge in [0.2, 0.25) is 0 Å². The van der Waals surface area contributed by atoms with Crippen LogP contribution < -0.4 is 0 Å². The van der Waals surface area contributed by atoms with Crippen molar-refractivity contribution in [3.05, 3.63) is 60.2 Å². The third-order valence-corrected chi connectivity index (χ3v) is 3.00. The zero-order valence-electron chi connectivity index (χ0n) is 10.7. The van der Waals surface area contributed by atoms with Gasteiger partial charge in [-0.1, -0.05) is 42.5 Å². The van der Waals surface area contributed by atoms with Crippen LogP contribution in [0.2, 0.25) is 0 Å². The van der Waals surface area contributed by atoms with E-state index in [2.05, 4.69) is 24.8 Å². The van der Waals surface area contributed by atoms with Gasteiger partial charge in [-0.25, -0.2) is 0 Å². The highest BCUT2D eigenvalue weighted by Crippen LogP contribution is 2.22. The third-order valence-electron chi connectivity index (χ3n) is 3.00. The predicted octanol–water partition coefficient (Wildman–Crippen LogP) is 3.49. The van der Waals surface area contributed by atoms with Gasteiger partial charge in [0.05, 0.1) is 25.9 Å². The van der Waals surface area contributed by atoms with E-state index in [9.17, 15) is 0 Å². The van der Waals surface area contributed by atoms with Gasteiger partial charge in [-0.05, 0) is 24.0 Å².